The highest BCUT2D eigenvalue weighted by molar-refractivity contribution is 7.89. The van der Waals surface area contributed by atoms with Gasteiger partial charge < -0.3 is 15.2 Å². The van der Waals surface area contributed by atoms with Crippen molar-refractivity contribution in [3.8, 4) is 0 Å². The normalized spacial score (nSPS) is 16.9. The summed E-state index contributed by atoms with van der Waals surface area (Å²) in [7, 11) is -3.66. The fourth-order valence-corrected chi connectivity index (χ4v) is 4.00. The molecule has 1 amide bonds. The Morgan fingerprint density at radius 1 is 1.25 bits per heavy atom. The van der Waals surface area contributed by atoms with Crippen molar-refractivity contribution in [2.45, 2.75) is 43.1 Å². The van der Waals surface area contributed by atoms with E-state index in [-0.39, 0.29) is 30.6 Å². The number of sulfonamides is 1. The summed E-state index contributed by atoms with van der Waals surface area (Å²) in [6, 6.07) is 5.99. The Labute approximate surface area is 142 Å². The standard InChI is InChI=1S/C16H24N2O5S/c1-13(20)18-14-4-6-15(7-5-14)24(21,22)17-12-16(23-11-10-19)8-2-3-9-16/h4-7,17,19H,2-3,8-12H2,1H3,(H,18,20). The van der Waals surface area contributed by atoms with Crippen molar-refractivity contribution in [3.63, 3.8) is 0 Å². The zero-order valence-corrected chi connectivity index (χ0v) is 14.6. The Kier molecular flexibility index (Phi) is 6.34. The number of hydrogen-bond donors (Lipinski definition) is 3. The highest BCUT2D eigenvalue weighted by Gasteiger charge is 2.36. The number of ether oxygens (including phenoxy) is 1. The Hall–Kier alpha value is -1.48. The highest BCUT2D eigenvalue weighted by atomic mass is 32.2. The molecule has 1 aliphatic rings. The summed E-state index contributed by atoms with van der Waals surface area (Å²) in [6.07, 6.45) is 3.52. The summed E-state index contributed by atoms with van der Waals surface area (Å²) in [5, 5.41) is 11.5. The average Bonchev–Trinajstić information content (AvgIpc) is 3.01. The van der Waals surface area contributed by atoms with Crippen LogP contribution in [0, 0.1) is 0 Å². The molecule has 24 heavy (non-hydrogen) atoms. The van der Waals surface area contributed by atoms with Gasteiger partial charge in [0, 0.05) is 19.2 Å². The van der Waals surface area contributed by atoms with Crippen molar-refractivity contribution in [2.24, 2.45) is 0 Å². The van der Waals surface area contributed by atoms with E-state index in [4.69, 9.17) is 9.84 Å². The van der Waals surface area contributed by atoms with Gasteiger partial charge in [0.15, 0.2) is 0 Å². The molecule has 1 saturated carbocycles. The third-order valence-electron chi connectivity index (χ3n) is 4.08. The van der Waals surface area contributed by atoms with Gasteiger partial charge in [-0.05, 0) is 37.1 Å². The van der Waals surface area contributed by atoms with E-state index in [2.05, 4.69) is 10.0 Å². The third-order valence-corrected chi connectivity index (χ3v) is 5.50. The molecule has 1 aromatic rings. The predicted octanol–water partition coefficient (Wildman–Crippen LogP) is 1.24. The van der Waals surface area contributed by atoms with Crippen molar-refractivity contribution in [1.29, 1.82) is 0 Å². The molecule has 0 saturated heterocycles. The molecule has 0 bridgehead atoms. The molecule has 8 heteroatoms. The molecule has 0 radical (unpaired) electrons. The smallest absolute Gasteiger partial charge is 0.240 e. The van der Waals surface area contributed by atoms with Gasteiger partial charge in [-0.1, -0.05) is 12.8 Å². The molecule has 1 fully saturated rings. The average molecular weight is 356 g/mol. The molecule has 0 heterocycles. The molecule has 0 aliphatic heterocycles. The zero-order chi connectivity index (χ0) is 17.6. The van der Waals surface area contributed by atoms with Crippen LogP contribution in [0.4, 0.5) is 5.69 Å². The lowest BCUT2D eigenvalue weighted by molar-refractivity contribution is -0.114. The number of benzene rings is 1. The molecule has 0 atom stereocenters. The van der Waals surface area contributed by atoms with E-state index in [1.165, 1.54) is 19.1 Å². The van der Waals surface area contributed by atoms with Crippen LogP contribution < -0.4 is 10.0 Å². The molecule has 3 N–H and O–H groups in total. The number of carbonyl (C=O) groups is 1. The second kappa shape index (κ2) is 8.06. The van der Waals surface area contributed by atoms with E-state index in [1.807, 2.05) is 0 Å². The molecule has 0 spiro atoms. The maximum Gasteiger partial charge on any atom is 0.240 e. The van der Waals surface area contributed by atoms with Gasteiger partial charge in [0.25, 0.3) is 0 Å². The molecule has 0 unspecified atom stereocenters. The number of aliphatic hydroxyl groups excluding tert-OH is 1. The second-order valence-corrected chi connectivity index (χ2v) is 7.76. The number of anilines is 1. The lowest BCUT2D eigenvalue weighted by Gasteiger charge is -2.29. The Balaban J connectivity index is 2.03. The van der Waals surface area contributed by atoms with Gasteiger partial charge in [0.1, 0.15) is 0 Å². The highest BCUT2D eigenvalue weighted by Crippen LogP contribution is 2.33. The molecule has 0 aromatic heterocycles. The minimum Gasteiger partial charge on any atom is -0.394 e. The summed E-state index contributed by atoms with van der Waals surface area (Å²) in [4.78, 5) is 11.1. The van der Waals surface area contributed by atoms with E-state index in [9.17, 15) is 13.2 Å². The SMILES string of the molecule is CC(=O)Nc1ccc(S(=O)(=O)NCC2(OCCO)CCCC2)cc1. The fraction of sp³-hybridized carbons (Fsp3) is 0.562. The lowest BCUT2D eigenvalue weighted by Crippen LogP contribution is -2.43. The van der Waals surface area contributed by atoms with Crippen molar-refractivity contribution >= 4 is 21.6 Å². The molecular formula is C16H24N2O5S. The van der Waals surface area contributed by atoms with Gasteiger partial charge in [-0.2, -0.15) is 0 Å². The van der Waals surface area contributed by atoms with E-state index in [0.29, 0.717) is 5.69 Å². The second-order valence-electron chi connectivity index (χ2n) is 5.99. The monoisotopic (exact) mass is 356 g/mol. The van der Waals surface area contributed by atoms with Crippen LogP contribution >= 0.6 is 0 Å². The molecule has 1 aromatic carbocycles. The summed E-state index contributed by atoms with van der Waals surface area (Å²) in [6.45, 7) is 1.69. The number of hydrogen-bond acceptors (Lipinski definition) is 5. The maximum absolute atomic E-state index is 12.4. The van der Waals surface area contributed by atoms with Crippen LogP contribution in [-0.4, -0.2) is 44.8 Å². The van der Waals surface area contributed by atoms with Crippen molar-refractivity contribution in [3.05, 3.63) is 24.3 Å². The number of amides is 1. The summed E-state index contributed by atoms with van der Waals surface area (Å²) < 4.78 is 33.2. The molecule has 2 rings (SSSR count). The van der Waals surface area contributed by atoms with Gasteiger partial charge in [-0.15, -0.1) is 0 Å². The first-order valence-electron chi connectivity index (χ1n) is 7.99. The molecule has 1 aliphatic carbocycles. The number of carbonyl (C=O) groups excluding carboxylic acids is 1. The fourth-order valence-electron chi connectivity index (χ4n) is 2.88. The first kappa shape index (κ1) is 18.9. The van der Waals surface area contributed by atoms with Gasteiger partial charge in [-0.3, -0.25) is 4.79 Å². The van der Waals surface area contributed by atoms with Crippen LogP contribution in [0.3, 0.4) is 0 Å². The van der Waals surface area contributed by atoms with Crippen molar-refractivity contribution in [2.75, 3.05) is 25.1 Å². The van der Waals surface area contributed by atoms with Crippen LogP contribution in [0.5, 0.6) is 0 Å². The first-order chi connectivity index (χ1) is 11.4. The van der Waals surface area contributed by atoms with Crippen LogP contribution in [0.1, 0.15) is 32.6 Å². The minimum absolute atomic E-state index is 0.0842. The summed E-state index contributed by atoms with van der Waals surface area (Å²) in [5.74, 6) is -0.215. The number of nitrogens with one attached hydrogen (secondary N) is 2. The zero-order valence-electron chi connectivity index (χ0n) is 13.7. The van der Waals surface area contributed by atoms with Crippen molar-refractivity contribution < 1.29 is 23.1 Å². The Morgan fingerprint density at radius 3 is 2.42 bits per heavy atom. The Bertz CT molecular complexity index is 652. The Morgan fingerprint density at radius 2 is 1.88 bits per heavy atom. The van der Waals surface area contributed by atoms with Gasteiger partial charge >= 0.3 is 0 Å². The minimum atomic E-state index is -3.66. The largest absolute Gasteiger partial charge is 0.394 e. The van der Waals surface area contributed by atoms with Gasteiger partial charge in [0.2, 0.25) is 15.9 Å². The van der Waals surface area contributed by atoms with Crippen LogP contribution in [-0.2, 0) is 19.6 Å². The van der Waals surface area contributed by atoms with Crippen molar-refractivity contribution in [1.82, 2.24) is 4.72 Å². The molecule has 134 valence electrons. The quantitative estimate of drug-likeness (QED) is 0.650. The first-order valence-corrected chi connectivity index (χ1v) is 9.47. The van der Waals surface area contributed by atoms with Crippen LogP contribution in [0.25, 0.3) is 0 Å². The maximum atomic E-state index is 12.4. The lowest BCUT2D eigenvalue weighted by atomic mass is 10.0. The van der Waals surface area contributed by atoms with E-state index < -0.39 is 15.6 Å². The summed E-state index contributed by atoms with van der Waals surface area (Å²) in [5.41, 5.74) is 0.00587. The van der Waals surface area contributed by atoms with Gasteiger partial charge in [0.05, 0.1) is 23.7 Å². The molecular weight excluding hydrogens is 332 g/mol. The van der Waals surface area contributed by atoms with E-state index >= 15 is 0 Å². The third kappa shape index (κ3) is 5.01. The number of aliphatic hydroxyl groups is 1. The van der Waals surface area contributed by atoms with Crippen LogP contribution in [0.15, 0.2) is 29.2 Å². The van der Waals surface area contributed by atoms with E-state index in [0.717, 1.165) is 25.7 Å². The topological polar surface area (TPSA) is 105 Å². The number of rotatable bonds is 8. The van der Waals surface area contributed by atoms with Crippen LogP contribution in [0.2, 0.25) is 0 Å². The van der Waals surface area contributed by atoms with E-state index in [1.54, 1.807) is 12.1 Å². The predicted molar refractivity (Wildman–Crippen MR) is 90.2 cm³/mol. The summed E-state index contributed by atoms with van der Waals surface area (Å²) >= 11 is 0. The van der Waals surface area contributed by atoms with Gasteiger partial charge in [-0.25, -0.2) is 13.1 Å². The molecule has 7 nitrogen and oxygen atoms in total.